The van der Waals surface area contributed by atoms with E-state index < -0.39 is 0 Å². The van der Waals surface area contributed by atoms with Gasteiger partial charge in [-0.2, -0.15) is 0 Å². The molecular weight excluding hydrogens is 366 g/mol. The number of nitrogen functional groups attached to an aromatic ring is 1. The number of nitrogens with two attached hydrogens (primary N) is 1. The van der Waals surface area contributed by atoms with E-state index in [1.807, 2.05) is 24.3 Å². The third-order valence-corrected chi connectivity index (χ3v) is 5.01. The molecule has 2 aromatic heterocycles. The van der Waals surface area contributed by atoms with Crippen LogP contribution in [-0.2, 0) is 13.0 Å². The van der Waals surface area contributed by atoms with Crippen molar-refractivity contribution in [2.24, 2.45) is 0 Å². The van der Waals surface area contributed by atoms with Crippen LogP contribution in [0.15, 0.2) is 66.4 Å². The zero-order valence-corrected chi connectivity index (χ0v) is 16.0. The Kier molecular flexibility index (Phi) is 8.12. The van der Waals surface area contributed by atoms with Gasteiger partial charge in [0.05, 0.1) is 12.1 Å². The highest BCUT2D eigenvalue weighted by molar-refractivity contribution is 7.11. The first-order chi connectivity index (χ1) is 12.6. The highest BCUT2D eigenvalue weighted by atomic mass is 35.5. The number of amides is 1. The van der Waals surface area contributed by atoms with Crippen molar-refractivity contribution in [3.8, 4) is 0 Å². The minimum atomic E-state index is -0.210. The third-order valence-electron chi connectivity index (χ3n) is 3.58. The first-order valence-electron chi connectivity index (χ1n) is 8.31. The van der Waals surface area contributed by atoms with Crippen LogP contribution in [0.25, 0.3) is 0 Å². The van der Waals surface area contributed by atoms with Gasteiger partial charge in [0.1, 0.15) is 5.82 Å². The SMILES string of the molecule is C=C/C=C\C(Cl)=C/CCCc1ccc(CNC(=O)c2cccnc2N)s1. The van der Waals surface area contributed by atoms with Crippen LogP contribution in [0.3, 0.4) is 0 Å². The van der Waals surface area contributed by atoms with E-state index >= 15 is 0 Å². The number of unbranched alkanes of at least 4 members (excludes halogenated alkanes) is 1. The minimum absolute atomic E-state index is 0.210. The molecule has 0 saturated heterocycles. The van der Waals surface area contributed by atoms with Gasteiger partial charge in [-0.25, -0.2) is 4.98 Å². The van der Waals surface area contributed by atoms with Crippen molar-refractivity contribution < 1.29 is 4.79 Å². The second-order valence-corrected chi connectivity index (χ2v) is 7.25. The van der Waals surface area contributed by atoms with Crippen molar-refractivity contribution in [1.29, 1.82) is 0 Å². The largest absolute Gasteiger partial charge is 0.383 e. The molecule has 0 aliphatic rings. The molecule has 0 radical (unpaired) electrons. The van der Waals surface area contributed by atoms with Crippen molar-refractivity contribution in [2.45, 2.75) is 25.8 Å². The average Bonchev–Trinajstić information content (AvgIpc) is 3.10. The van der Waals surface area contributed by atoms with E-state index in [0.717, 1.165) is 29.2 Å². The second kappa shape index (κ2) is 10.6. The number of aryl methyl sites for hydroxylation is 1. The highest BCUT2D eigenvalue weighted by Crippen LogP contribution is 2.19. The predicted molar refractivity (Wildman–Crippen MR) is 110 cm³/mol. The normalized spacial score (nSPS) is 11.7. The van der Waals surface area contributed by atoms with Crippen LogP contribution in [0.5, 0.6) is 0 Å². The zero-order valence-electron chi connectivity index (χ0n) is 14.5. The van der Waals surface area contributed by atoms with E-state index in [1.165, 1.54) is 4.88 Å². The Morgan fingerprint density at radius 3 is 2.92 bits per heavy atom. The number of nitrogens with one attached hydrogen (secondary N) is 1. The molecule has 2 heterocycles. The summed E-state index contributed by atoms with van der Waals surface area (Å²) in [6.07, 6.45) is 11.9. The van der Waals surface area contributed by atoms with E-state index in [4.69, 9.17) is 17.3 Å². The van der Waals surface area contributed by atoms with Gasteiger partial charge >= 0.3 is 0 Å². The van der Waals surface area contributed by atoms with Crippen LogP contribution >= 0.6 is 22.9 Å². The number of halogens is 1. The molecule has 2 aromatic rings. The molecule has 0 aromatic carbocycles. The van der Waals surface area contributed by atoms with Crippen LogP contribution < -0.4 is 11.1 Å². The quantitative estimate of drug-likeness (QED) is 0.477. The first kappa shape index (κ1) is 19.9. The molecule has 4 nitrogen and oxygen atoms in total. The third kappa shape index (κ3) is 6.50. The maximum atomic E-state index is 12.1. The van der Waals surface area contributed by atoms with Gasteiger partial charge in [-0.05, 0) is 49.6 Å². The Balaban J connectivity index is 1.77. The molecule has 2 rings (SSSR count). The summed E-state index contributed by atoms with van der Waals surface area (Å²) in [4.78, 5) is 18.5. The smallest absolute Gasteiger partial charge is 0.255 e. The second-order valence-electron chi connectivity index (χ2n) is 5.56. The molecule has 3 N–H and O–H groups in total. The Morgan fingerprint density at radius 2 is 2.15 bits per heavy atom. The number of pyridine rings is 1. The summed E-state index contributed by atoms with van der Waals surface area (Å²) in [6, 6.07) is 7.51. The van der Waals surface area contributed by atoms with Gasteiger partial charge in [0.2, 0.25) is 0 Å². The van der Waals surface area contributed by atoms with E-state index in [0.29, 0.717) is 12.1 Å². The lowest BCUT2D eigenvalue weighted by Gasteiger charge is -2.05. The molecule has 0 fully saturated rings. The van der Waals surface area contributed by atoms with Gasteiger partial charge in [0.15, 0.2) is 0 Å². The number of hydrogen-bond acceptors (Lipinski definition) is 4. The lowest BCUT2D eigenvalue weighted by atomic mass is 10.2. The number of rotatable bonds is 9. The molecule has 0 aliphatic carbocycles. The molecule has 26 heavy (non-hydrogen) atoms. The fourth-order valence-electron chi connectivity index (χ4n) is 2.27. The zero-order chi connectivity index (χ0) is 18.8. The minimum Gasteiger partial charge on any atom is -0.383 e. The molecule has 0 atom stereocenters. The Labute approximate surface area is 163 Å². The number of nitrogens with zero attached hydrogens (tertiary/aromatic N) is 1. The Morgan fingerprint density at radius 1 is 1.35 bits per heavy atom. The summed E-state index contributed by atoms with van der Waals surface area (Å²) >= 11 is 7.76. The molecular formula is C20H22ClN3OS. The molecule has 0 unspecified atom stereocenters. The van der Waals surface area contributed by atoms with Gasteiger partial charge in [0, 0.05) is 21.0 Å². The summed E-state index contributed by atoms with van der Waals surface area (Å²) < 4.78 is 0. The summed E-state index contributed by atoms with van der Waals surface area (Å²) in [5.41, 5.74) is 6.12. The monoisotopic (exact) mass is 387 g/mol. The number of thiophene rings is 1. The van der Waals surface area contributed by atoms with E-state index in [2.05, 4.69) is 22.9 Å². The van der Waals surface area contributed by atoms with Gasteiger partial charge in [-0.3, -0.25) is 4.79 Å². The van der Waals surface area contributed by atoms with Crippen molar-refractivity contribution >= 4 is 34.7 Å². The number of allylic oxidation sites excluding steroid dienone is 5. The fourth-order valence-corrected chi connectivity index (χ4v) is 3.45. The van der Waals surface area contributed by atoms with Crippen molar-refractivity contribution in [3.05, 3.63) is 81.7 Å². The number of hydrogen-bond donors (Lipinski definition) is 2. The van der Waals surface area contributed by atoms with E-state index in [-0.39, 0.29) is 11.7 Å². The van der Waals surface area contributed by atoms with Crippen LogP contribution in [-0.4, -0.2) is 10.9 Å². The van der Waals surface area contributed by atoms with Crippen LogP contribution in [0.4, 0.5) is 5.82 Å². The number of carbonyl (C=O) groups is 1. The topological polar surface area (TPSA) is 68.0 Å². The number of anilines is 1. The summed E-state index contributed by atoms with van der Waals surface area (Å²) in [5, 5.41) is 3.61. The molecule has 0 aliphatic heterocycles. The molecule has 0 saturated carbocycles. The number of aromatic nitrogens is 1. The molecule has 6 heteroatoms. The summed E-state index contributed by atoms with van der Waals surface area (Å²) in [5.74, 6) is 0.0319. The highest BCUT2D eigenvalue weighted by Gasteiger charge is 2.10. The van der Waals surface area contributed by atoms with Gasteiger partial charge < -0.3 is 11.1 Å². The molecule has 0 bridgehead atoms. The lowest BCUT2D eigenvalue weighted by molar-refractivity contribution is 0.0952. The van der Waals surface area contributed by atoms with Crippen LogP contribution in [0.2, 0.25) is 0 Å². The maximum absolute atomic E-state index is 12.1. The van der Waals surface area contributed by atoms with E-state index in [9.17, 15) is 4.79 Å². The fraction of sp³-hybridized carbons (Fsp3) is 0.200. The lowest BCUT2D eigenvalue weighted by Crippen LogP contribution is -2.23. The van der Waals surface area contributed by atoms with Crippen molar-refractivity contribution in [3.63, 3.8) is 0 Å². The first-order valence-corrected chi connectivity index (χ1v) is 9.50. The van der Waals surface area contributed by atoms with E-state index in [1.54, 1.807) is 35.7 Å². The van der Waals surface area contributed by atoms with Crippen LogP contribution in [0.1, 0.15) is 33.0 Å². The average molecular weight is 388 g/mol. The molecule has 1 amide bonds. The number of carbonyl (C=O) groups excluding carboxylic acids is 1. The Hall–Kier alpha value is -2.37. The van der Waals surface area contributed by atoms with Crippen molar-refractivity contribution in [2.75, 3.05) is 5.73 Å². The van der Waals surface area contributed by atoms with Gasteiger partial charge in [-0.15, -0.1) is 11.3 Å². The molecule has 136 valence electrons. The molecule has 0 spiro atoms. The standard InChI is InChI=1S/C20H22ClN3OS/c1-2-3-7-15(21)8-4-5-9-16-11-12-17(26-16)14-24-20(25)18-10-6-13-23-19(18)22/h2-3,6-8,10-13H,1,4-5,9,14H2,(H2,22,23)(H,24,25)/b7-3-,15-8+. The summed E-state index contributed by atoms with van der Waals surface area (Å²) in [7, 11) is 0. The van der Waals surface area contributed by atoms with Crippen LogP contribution in [0, 0.1) is 0 Å². The predicted octanol–water partition coefficient (Wildman–Crippen LogP) is 4.84. The van der Waals surface area contributed by atoms with Gasteiger partial charge in [0.25, 0.3) is 5.91 Å². The maximum Gasteiger partial charge on any atom is 0.255 e. The van der Waals surface area contributed by atoms with Crippen molar-refractivity contribution in [1.82, 2.24) is 10.3 Å². The Bertz CT molecular complexity index is 811. The summed E-state index contributed by atoms with van der Waals surface area (Å²) in [6.45, 7) is 4.09. The van der Waals surface area contributed by atoms with Gasteiger partial charge in [-0.1, -0.05) is 36.4 Å².